The molecule has 12 heteroatoms. The lowest BCUT2D eigenvalue weighted by atomic mass is 10.1. The Morgan fingerprint density at radius 1 is 1.22 bits per heavy atom. The van der Waals surface area contributed by atoms with Gasteiger partial charge in [0.15, 0.2) is 11.5 Å². The number of aryl methyl sites for hydroxylation is 1. The van der Waals surface area contributed by atoms with Gasteiger partial charge in [-0.1, -0.05) is 17.7 Å². The summed E-state index contributed by atoms with van der Waals surface area (Å²) in [5.41, 5.74) is 9.55. The lowest BCUT2D eigenvalue weighted by molar-refractivity contribution is 0.0935. The molecule has 178 valence electrons. The number of hydrogen-bond donors (Lipinski definition) is 3. The number of aromatic nitrogens is 7. The van der Waals surface area contributed by atoms with Crippen molar-refractivity contribution >= 4 is 34.2 Å². The molecule has 4 N–H and O–H groups in total. The summed E-state index contributed by atoms with van der Waals surface area (Å²) < 4.78 is 1.63. The van der Waals surface area contributed by atoms with Crippen LogP contribution < -0.4 is 11.1 Å². The molecule has 5 rings (SSSR count). The molecule has 1 aromatic carbocycles. The second-order valence-corrected chi connectivity index (χ2v) is 8.48. The van der Waals surface area contributed by atoms with E-state index in [0.717, 1.165) is 5.39 Å². The second-order valence-electron chi connectivity index (χ2n) is 8.08. The number of anilines is 1. The molecule has 0 aliphatic carbocycles. The van der Waals surface area contributed by atoms with Gasteiger partial charge in [-0.15, -0.1) is 0 Å². The molecule has 0 unspecified atom stereocenters. The SMILES string of the molecule is C[C@H](NC(=O)c1nc(-c2cc(Cl)c3[nH]ncc3c2)c(-c2ccn(C)n2)nc1N)c1cccc(C#N)n1. The summed E-state index contributed by atoms with van der Waals surface area (Å²) in [6.07, 6.45) is 3.42. The highest BCUT2D eigenvalue weighted by Gasteiger charge is 2.23. The molecule has 11 nitrogen and oxygen atoms in total. The molecule has 36 heavy (non-hydrogen) atoms. The largest absolute Gasteiger partial charge is 0.382 e. The summed E-state index contributed by atoms with van der Waals surface area (Å²) in [6.45, 7) is 1.75. The number of nitrogens with zero attached hydrogens (tertiary/aromatic N) is 7. The number of pyridine rings is 1. The molecule has 0 saturated carbocycles. The predicted molar refractivity (Wildman–Crippen MR) is 134 cm³/mol. The Labute approximate surface area is 210 Å². The van der Waals surface area contributed by atoms with E-state index in [1.807, 2.05) is 12.1 Å². The Bertz CT molecular complexity index is 1670. The molecule has 5 aromatic rings. The summed E-state index contributed by atoms with van der Waals surface area (Å²) in [5.74, 6) is -0.598. The van der Waals surface area contributed by atoms with Gasteiger partial charge in [-0.25, -0.2) is 15.0 Å². The fourth-order valence-electron chi connectivity index (χ4n) is 3.78. The molecular formula is C24H19ClN10O. The van der Waals surface area contributed by atoms with Gasteiger partial charge in [-0.05, 0) is 37.3 Å². The van der Waals surface area contributed by atoms with Crippen LogP contribution in [0, 0.1) is 11.3 Å². The monoisotopic (exact) mass is 498 g/mol. The van der Waals surface area contributed by atoms with Crippen molar-refractivity contribution in [2.24, 2.45) is 7.05 Å². The van der Waals surface area contributed by atoms with Gasteiger partial charge < -0.3 is 11.1 Å². The molecule has 1 atom stereocenters. The van der Waals surface area contributed by atoms with Crippen LogP contribution in [0.2, 0.25) is 5.02 Å². The number of rotatable bonds is 5. The van der Waals surface area contributed by atoms with Crippen LogP contribution in [0.15, 0.2) is 48.8 Å². The van der Waals surface area contributed by atoms with Crippen LogP contribution in [0.25, 0.3) is 33.5 Å². The first-order valence-electron chi connectivity index (χ1n) is 10.8. The van der Waals surface area contributed by atoms with E-state index in [2.05, 4.69) is 35.6 Å². The first-order chi connectivity index (χ1) is 17.3. The maximum absolute atomic E-state index is 13.2. The molecule has 0 aliphatic heterocycles. The van der Waals surface area contributed by atoms with E-state index in [1.54, 1.807) is 61.4 Å². The van der Waals surface area contributed by atoms with Gasteiger partial charge in [-0.3, -0.25) is 14.6 Å². The Balaban J connectivity index is 1.59. The van der Waals surface area contributed by atoms with Crippen molar-refractivity contribution in [1.29, 1.82) is 5.26 Å². The summed E-state index contributed by atoms with van der Waals surface area (Å²) in [7, 11) is 1.78. The van der Waals surface area contributed by atoms with Crippen LogP contribution in [-0.4, -0.2) is 40.8 Å². The van der Waals surface area contributed by atoms with Crippen LogP contribution in [0.1, 0.15) is 34.8 Å². The molecule has 0 bridgehead atoms. The normalized spacial score (nSPS) is 11.8. The van der Waals surface area contributed by atoms with E-state index in [9.17, 15) is 4.79 Å². The third-order valence-corrected chi connectivity index (χ3v) is 5.84. The zero-order valence-electron chi connectivity index (χ0n) is 19.2. The number of carbonyl (C=O) groups excluding carboxylic acids is 1. The number of nitrogen functional groups attached to an aromatic ring is 1. The maximum atomic E-state index is 13.2. The Morgan fingerprint density at radius 2 is 2.06 bits per heavy atom. The van der Waals surface area contributed by atoms with Crippen LogP contribution in [0.3, 0.4) is 0 Å². The number of nitriles is 1. The Kier molecular flexibility index (Phi) is 5.79. The van der Waals surface area contributed by atoms with Crippen molar-refractivity contribution < 1.29 is 4.79 Å². The molecular weight excluding hydrogens is 480 g/mol. The van der Waals surface area contributed by atoms with Gasteiger partial charge >= 0.3 is 0 Å². The molecule has 0 saturated heterocycles. The van der Waals surface area contributed by atoms with Crippen LogP contribution in [0.4, 0.5) is 5.82 Å². The predicted octanol–water partition coefficient (Wildman–Crippen LogP) is 3.41. The molecule has 0 spiro atoms. The second kappa shape index (κ2) is 9.09. The van der Waals surface area contributed by atoms with Crippen LogP contribution in [-0.2, 0) is 7.05 Å². The third kappa shape index (κ3) is 4.21. The van der Waals surface area contributed by atoms with E-state index in [4.69, 9.17) is 22.6 Å². The first-order valence-corrected chi connectivity index (χ1v) is 11.2. The van der Waals surface area contributed by atoms with Gasteiger partial charge in [0.05, 0.1) is 34.2 Å². The van der Waals surface area contributed by atoms with Gasteiger partial charge in [-0.2, -0.15) is 15.5 Å². The minimum Gasteiger partial charge on any atom is -0.382 e. The standard InChI is InChI=1S/C24H19ClN10O/c1-12(17-5-3-4-15(10-26)30-17)29-24(36)22-23(27)32-21(18-6-7-35(2)34-18)20(31-22)13-8-14-11-28-33-19(14)16(25)9-13/h3-9,11-12H,1-2H3,(H2,27,32)(H,28,33)(H,29,36)/t12-/m0/s1. The first kappa shape index (κ1) is 22.9. The van der Waals surface area contributed by atoms with Gasteiger partial charge in [0, 0.05) is 24.2 Å². The van der Waals surface area contributed by atoms with Crippen LogP contribution in [0.5, 0.6) is 0 Å². The number of aromatic amines is 1. The van der Waals surface area contributed by atoms with Gasteiger partial charge in [0.1, 0.15) is 23.2 Å². The molecule has 4 heterocycles. The summed E-state index contributed by atoms with van der Waals surface area (Å²) in [4.78, 5) is 26.6. The number of carbonyl (C=O) groups is 1. The number of nitrogens with two attached hydrogens (primary N) is 1. The highest BCUT2D eigenvalue weighted by molar-refractivity contribution is 6.35. The van der Waals surface area contributed by atoms with Crippen molar-refractivity contribution in [3.8, 4) is 28.7 Å². The quantitative estimate of drug-likeness (QED) is 0.331. The van der Waals surface area contributed by atoms with Crippen molar-refractivity contribution in [1.82, 2.24) is 40.2 Å². The average molecular weight is 499 g/mol. The van der Waals surface area contributed by atoms with Crippen molar-refractivity contribution in [3.63, 3.8) is 0 Å². The maximum Gasteiger partial charge on any atom is 0.274 e. The summed E-state index contributed by atoms with van der Waals surface area (Å²) in [5, 5.41) is 24.5. The number of nitrogens with one attached hydrogen (secondary N) is 2. The fraction of sp³-hybridized carbons (Fsp3) is 0.125. The van der Waals surface area contributed by atoms with E-state index in [1.165, 1.54) is 0 Å². The zero-order chi connectivity index (χ0) is 25.4. The molecule has 1 amide bonds. The number of fused-ring (bicyclic) bond motifs is 1. The van der Waals surface area contributed by atoms with E-state index >= 15 is 0 Å². The van der Waals surface area contributed by atoms with Crippen molar-refractivity contribution in [2.75, 3.05) is 5.73 Å². The number of H-pyrrole nitrogens is 1. The van der Waals surface area contributed by atoms with Crippen molar-refractivity contribution in [3.05, 3.63) is 70.9 Å². The smallest absolute Gasteiger partial charge is 0.274 e. The molecule has 0 fully saturated rings. The van der Waals surface area contributed by atoms with E-state index < -0.39 is 11.9 Å². The minimum atomic E-state index is -0.541. The minimum absolute atomic E-state index is 0.0571. The zero-order valence-corrected chi connectivity index (χ0v) is 19.9. The summed E-state index contributed by atoms with van der Waals surface area (Å²) >= 11 is 6.48. The Hall–Kier alpha value is -4.82. The lowest BCUT2D eigenvalue weighted by Crippen LogP contribution is -2.29. The number of halogens is 1. The lowest BCUT2D eigenvalue weighted by Gasteiger charge is -2.16. The molecule has 4 aromatic heterocycles. The van der Waals surface area contributed by atoms with Gasteiger partial charge in [0.2, 0.25) is 0 Å². The number of benzene rings is 1. The van der Waals surface area contributed by atoms with Crippen molar-refractivity contribution in [2.45, 2.75) is 13.0 Å². The van der Waals surface area contributed by atoms with E-state index in [0.29, 0.717) is 38.9 Å². The number of amides is 1. The fourth-order valence-corrected chi connectivity index (χ4v) is 4.05. The number of hydrogen-bond acceptors (Lipinski definition) is 8. The molecule has 0 aliphatic rings. The Morgan fingerprint density at radius 3 is 2.81 bits per heavy atom. The van der Waals surface area contributed by atoms with E-state index in [-0.39, 0.29) is 17.2 Å². The highest BCUT2D eigenvalue weighted by Crippen LogP contribution is 2.34. The average Bonchev–Trinajstić information content (AvgIpc) is 3.53. The molecule has 0 radical (unpaired) electrons. The summed E-state index contributed by atoms with van der Waals surface area (Å²) in [6, 6.07) is 11.8. The topological polar surface area (TPSA) is 164 Å². The van der Waals surface area contributed by atoms with Crippen LogP contribution >= 0.6 is 11.6 Å². The third-order valence-electron chi connectivity index (χ3n) is 5.54. The van der Waals surface area contributed by atoms with Gasteiger partial charge in [0.25, 0.3) is 5.91 Å². The highest BCUT2D eigenvalue weighted by atomic mass is 35.5.